The Bertz CT molecular complexity index is 1730. The van der Waals surface area contributed by atoms with E-state index in [0.29, 0.717) is 41.2 Å². The summed E-state index contributed by atoms with van der Waals surface area (Å²) < 4.78 is 18.0. The van der Waals surface area contributed by atoms with Crippen LogP contribution in [0.5, 0.6) is 11.5 Å². The maximum Gasteiger partial charge on any atom is 0.335 e. The van der Waals surface area contributed by atoms with E-state index in [1.165, 1.54) is 23.9 Å². The molecule has 0 atom stereocenters. The number of carboxylic acids is 1. The van der Waals surface area contributed by atoms with Crippen molar-refractivity contribution in [3.8, 4) is 22.6 Å². The smallest absolute Gasteiger partial charge is 0.335 e. The van der Waals surface area contributed by atoms with Crippen LogP contribution in [0.3, 0.4) is 0 Å². The Hall–Kier alpha value is -4.16. The largest absolute Gasteiger partial charge is 0.494 e. The normalized spacial score (nSPS) is 16.5. The van der Waals surface area contributed by atoms with E-state index in [9.17, 15) is 9.59 Å². The first-order valence-corrected chi connectivity index (χ1v) is 16.0. The van der Waals surface area contributed by atoms with Crippen LogP contribution in [0.4, 0.5) is 0 Å². The summed E-state index contributed by atoms with van der Waals surface area (Å²) in [6, 6.07) is 20.6. The molecule has 0 unspecified atom stereocenters. The van der Waals surface area contributed by atoms with E-state index in [2.05, 4.69) is 34.1 Å². The van der Waals surface area contributed by atoms with Crippen molar-refractivity contribution in [2.24, 2.45) is 0 Å². The van der Waals surface area contributed by atoms with Gasteiger partial charge in [-0.15, -0.1) is 0 Å². The van der Waals surface area contributed by atoms with Crippen molar-refractivity contribution >= 4 is 57.2 Å². The van der Waals surface area contributed by atoms with Gasteiger partial charge in [0, 0.05) is 43.5 Å². The Balaban J connectivity index is 1.13. The van der Waals surface area contributed by atoms with E-state index in [0.717, 1.165) is 66.2 Å². The van der Waals surface area contributed by atoms with Crippen LogP contribution in [0.15, 0.2) is 77.8 Å². The molecule has 0 radical (unpaired) electrons. The lowest BCUT2D eigenvalue weighted by Gasteiger charge is -2.26. The van der Waals surface area contributed by atoms with Gasteiger partial charge in [-0.3, -0.25) is 14.6 Å². The maximum absolute atomic E-state index is 13.3. The second-order valence-electron chi connectivity index (χ2n) is 10.7. The average Bonchev–Trinajstić information content (AvgIpc) is 3.63. The van der Waals surface area contributed by atoms with Gasteiger partial charge in [-0.05, 0) is 77.5 Å². The van der Waals surface area contributed by atoms with Crippen molar-refractivity contribution in [2.45, 2.75) is 6.42 Å². The third-order valence-corrected chi connectivity index (χ3v) is 9.08. The fourth-order valence-electron chi connectivity index (χ4n) is 5.26. The number of thioether (sulfide) groups is 1. The average molecular weight is 644 g/mol. The number of hydrogen-bond acceptors (Lipinski definition) is 8. The first-order valence-electron chi connectivity index (χ1n) is 14.8. The molecule has 2 saturated heterocycles. The van der Waals surface area contributed by atoms with Gasteiger partial charge in [0.15, 0.2) is 0 Å². The van der Waals surface area contributed by atoms with Gasteiger partial charge in [0.1, 0.15) is 22.4 Å². The van der Waals surface area contributed by atoms with Gasteiger partial charge in [0.2, 0.25) is 0 Å². The first-order chi connectivity index (χ1) is 21.9. The minimum absolute atomic E-state index is 0.129. The molecule has 1 amide bonds. The standard InChI is InChI=1S/C34H33N3O6S2/c38-32-31(45-34(44)37(32)12-1-16-42-27-7-5-25(6-8-27)33(39)40)21-23-2-9-30(43-19-15-36-13-17-41-18-14-36)28(20-23)26-4-3-24-10-11-35-29(24)22-26/h2-11,20-22,35H,1,12-19H2,(H,39,40). The van der Waals surface area contributed by atoms with Gasteiger partial charge in [0.25, 0.3) is 5.91 Å². The monoisotopic (exact) mass is 643 g/mol. The molecule has 4 aromatic rings. The molecule has 1 aromatic heterocycles. The van der Waals surface area contributed by atoms with Crippen LogP contribution in [0, 0.1) is 0 Å². The number of carbonyl (C=O) groups is 2. The highest BCUT2D eigenvalue weighted by Gasteiger charge is 2.31. The molecule has 2 aliphatic heterocycles. The van der Waals surface area contributed by atoms with Gasteiger partial charge in [-0.2, -0.15) is 0 Å². The van der Waals surface area contributed by atoms with Gasteiger partial charge in [-0.25, -0.2) is 4.79 Å². The summed E-state index contributed by atoms with van der Waals surface area (Å²) in [5, 5.41) is 10.2. The molecule has 0 bridgehead atoms. The summed E-state index contributed by atoms with van der Waals surface area (Å²) in [4.78, 5) is 32.2. The minimum atomic E-state index is -0.984. The molecule has 232 valence electrons. The number of amides is 1. The van der Waals surface area contributed by atoms with Crippen molar-refractivity contribution in [3.63, 3.8) is 0 Å². The van der Waals surface area contributed by atoms with Crippen LogP contribution in [-0.2, 0) is 9.53 Å². The summed E-state index contributed by atoms with van der Waals surface area (Å²) in [5.74, 6) is 0.250. The lowest BCUT2D eigenvalue weighted by Crippen LogP contribution is -2.38. The Morgan fingerprint density at radius 3 is 2.62 bits per heavy atom. The highest BCUT2D eigenvalue weighted by molar-refractivity contribution is 8.26. The Labute approximate surface area is 270 Å². The highest BCUT2D eigenvalue weighted by atomic mass is 32.2. The van der Waals surface area contributed by atoms with Gasteiger partial charge >= 0.3 is 5.97 Å². The zero-order chi connectivity index (χ0) is 31.2. The fourth-order valence-corrected chi connectivity index (χ4v) is 6.57. The first kappa shape index (κ1) is 30.8. The number of benzene rings is 3. The molecular weight excluding hydrogens is 611 g/mol. The SMILES string of the molecule is O=C(O)c1ccc(OCCCN2C(=O)C(=Cc3ccc(OCCN4CCOCC4)c(-c4ccc5cc[nH]c5c4)c3)SC2=S)cc1. The van der Waals surface area contributed by atoms with E-state index >= 15 is 0 Å². The van der Waals surface area contributed by atoms with Crippen LogP contribution in [-0.4, -0.2) is 88.7 Å². The van der Waals surface area contributed by atoms with Crippen LogP contribution in [0.2, 0.25) is 0 Å². The number of nitrogens with zero attached hydrogens (tertiary/aromatic N) is 2. The predicted octanol–water partition coefficient (Wildman–Crippen LogP) is 5.91. The molecule has 6 rings (SSSR count). The number of fused-ring (bicyclic) bond motifs is 1. The number of rotatable bonds is 12. The second kappa shape index (κ2) is 14.3. The lowest BCUT2D eigenvalue weighted by molar-refractivity contribution is -0.122. The van der Waals surface area contributed by atoms with Crippen LogP contribution < -0.4 is 9.47 Å². The number of carbonyl (C=O) groups excluding carboxylic acids is 1. The predicted molar refractivity (Wildman–Crippen MR) is 180 cm³/mol. The number of aromatic carboxylic acids is 1. The van der Waals surface area contributed by atoms with Crippen LogP contribution in [0.25, 0.3) is 28.1 Å². The minimum Gasteiger partial charge on any atom is -0.494 e. The third kappa shape index (κ3) is 7.56. The summed E-state index contributed by atoms with van der Waals surface area (Å²) in [7, 11) is 0. The van der Waals surface area contributed by atoms with Gasteiger partial charge < -0.3 is 24.3 Å². The molecule has 2 aliphatic rings. The number of aromatic nitrogens is 1. The van der Waals surface area contributed by atoms with Crippen LogP contribution in [0.1, 0.15) is 22.3 Å². The topological polar surface area (TPSA) is 104 Å². The molecule has 9 nitrogen and oxygen atoms in total. The van der Waals surface area contributed by atoms with Gasteiger partial charge in [-0.1, -0.05) is 42.2 Å². The van der Waals surface area contributed by atoms with E-state index < -0.39 is 5.97 Å². The second-order valence-corrected chi connectivity index (χ2v) is 12.4. The van der Waals surface area contributed by atoms with E-state index in [-0.39, 0.29) is 11.5 Å². The van der Waals surface area contributed by atoms with E-state index in [4.69, 9.17) is 31.5 Å². The number of aromatic amines is 1. The van der Waals surface area contributed by atoms with Crippen molar-refractivity contribution in [1.29, 1.82) is 0 Å². The van der Waals surface area contributed by atoms with E-state index in [1.807, 2.05) is 30.5 Å². The number of nitrogens with one attached hydrogen (secondary N) is 1. The van der Waals surface area contributed by atoms with Gasteiger partial charge in [0.05, 0.1) is 30.3 Å². The maximum atomic E-state index is 13.3. The van der Waals surface area contributed by atoms with Crippen molar-refractivity contribution in [3.05, 3.63) is 89.0 Å². The molecule has 11 heteroatoms. The lowest BCUT2D eigenvalue weighted by atomic mass is 10.0. The molecule has 45 heavy (non-hydrogen) atoms. The molecular formula is C34H33N3O6S2. The van der Waals surface area contributed by atoms with Crippen LogP contribution >= 0.6 is 24.0 Å². The third-order valence-electron chi connectivity index (χ3n) is 7.71. The number of morpholine rings is 1. The molecule has 3 heterocycles. The highest BCUT2D eigenvalue weighted by Crippen LogP contribution is 2.36. The van der Waals surface area contributed by atoms with Crippen molar-refractivity contribution in [2.75, 3.05) is 52.6 Å². The molecule has 2 fully saturated rings. The molecule has 2 N–H and O–H groups in total. The Morgan fingerprint density at radius 1 is 1.00 bits per heavy atom. The fraction of sp³-hybridized carbons (Fsp3) is 0.265. The van der Waals surface area contributed by atoms with Crippen molar-refractivity contribution in [1.82, 2.24) is 14.8 Å². The molecule has 3 aromatic carbocycles. The number of carboxylic acid groups (broad SMARTS) is 1. The number of ether oxygens (including phenoxy) is 3. The Morgan fingerprint density at radius 2 is 1.82 bits per heavy atom. The zero-order valence-corrected chi connectivity index (χ0v) is 26.2. The number of thiocarbonyl (C=S) groups is 1. The molecule has 0 aliphatic carbocycles. The quantitative estimate of drug-likeness (QED) is 0.111. The Kier molecular flexibility index (Phi) is 9.80. The number of H-pyrrole nitrogens is 1. The molecule has 0 saturated carbocycles. The molecule has 0 spiro atoms. The van der Waals surface area contributed by atoms with E-state index in [1.54, 1.807) is 17.0 Å². The summed E-state index contributed by atoms with van der Waals surface area (Å²) in [5.41, 5.74) is 4.09. The van der Waals surface area contributed by atoms with Crippen molar-refractivity contribution < 1.29 is 28.9 Å². The number of hydrogen-bond donors (Lipinski definition) is 2. The summed E-state index contributed by atoms with van der Waals surface area (Å²) >= 11 is 6.84. The zero-order valence-electron chi connectivity index (χ0n) is 24.6. The summed E-state index contributed by atoms with van der Waals surface area (Å²) in [6.45, 7) is 5.49. The summed E-state index contributed by atoms with van der Waals surface area (Å²) in [6.07, 6.45) is 4.38.